The maximum atomic E-state index is 10.7. The molecule has 0 saturated heterocycles. The summed E-state index contributed by atoms with van der Waals surface area (Å²) < 4.78 is 0. The monoisotopic (exact) mass is 244 g/mol. The van der Waals surface area contributed by atoms with E-state index < -0.39 is 0 Å². The van der Waals surface area contributed by atoms with Gasteiger partial charge in [-0.25, -0.2) is 0 Å². The first-order chi connectivity index (χ1) is 8.75. The van der Waals surface area contributed by atoms with Crippen LogP contribution in [0.1, 0.15) is 30.0 Å². The third-order valence-electron chi connectivity index (χ3n) is 3.11. The summed E-state index contributed by atoms with van der Waals surface area (Å²) in [5.74, 6) is 0.0308. The summed E-state index contributed by atoms with van der Waals surface area (Å²) in [6.45, 7) is 4.31. The lowest BCUT2D eigenvalue weighted by molar-refractivity contribution is -0.118. The molecule has 0 spiro atoms. The van der Waals surface area contributed by atoms with Crippen molar-refractivity contribution in [1.82, 2.24) is 10.6 Å². The van der Waals surface area contributed by atoms with Gasteiger partial charge in [0.15, 0.2) is 0 Å². The van der Waals surface area contributed by atoms with E-state index in [1.807, 2.05) is 0 Å². The van der Waals surface area contributed by atoms with Crippen molar-refractivity contribution in [2.75, 3.05) is 13.1 Å². The van der Waals surface area contributed by atoms with Crippen molar-refractivity contribution in [3.05, 3.63) is 41.0 Å². The van der Waals surface area contributed by atoms with Crippen molar-refractivity contribution >= 4 is 12.0 Å². The van der Waals surface area contributed by atoms with Crippen LogP contribution in [-0.2, 0) is 17.8 Å². The van der Waals surface area contributed by atoms with Crippen molar-refractivity contribution in [1.29, 1.82) is 0 Å². The summed E-state index contributed by atoms with van der Waals surface area (Å²) in [7, 11) is 0. The molecule has 0 saturated carbocycles. The van der Waals surface area contributed by atoms with E-state index in [2.05, 4.69) is 41.0 Å². The molecule has 0 fully saturated rings. The number of benzene rings is 1. The number of carbonyl (C=O) groups excluding carboxylic acids is 1. The second kappa shape index (κ2) is 6.36. The number of fused-ring (bicyclic) bond motifs is 1. The van der Waals surface area contributed by atoms with E-state index in [1.165, 1.54) is 16.7 Å². The molecule has 3 nitrogen and oxygen atoms in total. The third-order valence-corrected chi connectivity index (χ3v) is 3.11. The predicted molar refractivity (Wildman–Crippen MR) is 74.2 cm³/mol. The fraction of sp³-hybridized carbons (Fsp3) is 0.400. The molecule has 96 valence electrons. The molecule has 18 heavy (non-hydrogen) atoms. The van der Waals surface area contributed by atoms with E-state index in [0.29, 0.717) is 6.54 Å². The average molecular weight is 244 g/mol. The molecule has 0 radical (unpaired) electrons. The predicted octanol–water partition coefficient (Wildman–Crippen LogP) is 1.87. The lowest BCUT2D eigenvalue weighted by Crippen LogP contribution is -2.23. The minimum Gasteiger partial charge on any atom is -0.356 e. The van der Waals surface area contributed by atoms with E-state index in [0.717, 1.165) is 25.9 Å². The number of hydrogen-bond donors (Lipinski definition) is 2. The maximum absolute atomic E-state index is 10.7. The molecule has 0 bridgehead atoms. The van der Waals surface area contributed by atoms with Gasteiger partial charge in [0.1, 0.15) is 0 Å². The molecule has 1 aliphatic heterocycles. The molecule has 1 aliphatic rings. The van der Waals surface area contributed by atoms with E-state index >= 15 is 0 Å². The summed E-state index contributed by atoms with van der Waals surface area (Å²) in [6, 6.07) is 6.64. The number of carbonyl (C=O) groups is 1. The topological polar surface area (TPSA) is 41.1 Å². The smallest absolute Gasteiger partial charge is 0.216 e. The largest absolute Gasteiger partial charge is 0.356 e. The molecule has 1 heterocycles. The van der Waals surface area contributed by atoms with Gasteiger partial charge in [0, 0.05) is 20.0 Å². The Morgan fingerprint density at radius 2 is 2.33 bits per heavy atom. The SMILES string of the molecule is CC(=O)NCCC=Cc1ccc2c(c1)CNCC2. The van der Waals surface area contributed by atoms with Crippen molar-refractivity contribution in [3.8, 4) is 0 Å². The normalized spacial score (nSPS) is 14.5. The van der Waals surface area contributed by atoms with E-state index in [1.54, 1.807) is 6.92 Å². The van der Waals surface area contributed by atoms with E-state index in [9.17, 15) is 4.79 Å². The molecule has 1 amide bonds. The summed E-state index contributed by atoms with van der Waals surface area (Å²) >= 11 is 0. The standard InChI is InChI=1S/C15H20N2O/c1-12(18)17-8-3-2-4-13-5-6-14-7-9-16-11-15(14)10-13/h2,4-6,10,16H,3,7-9,11H2,1H3,(H,17,18). The Balaban J connectivity index is 1.89. The van der Waals surface area contributed by atoms with Gasteiger partial charge >= 0.3 is 0 Å². The van der Waals surface area contributed by atoms with Crippen molar-refractivity contribution in [3.63, 3.8) is 0 Å². The first-order valence-corrected chi connectivity index (χ1v) is 6.49. The highest BCUT2D eigenvalue weighted by Gasteiger charge is 2.07. The number of hydrogen-bond acceptors (Lipinski definition) is 2. The van der Waals surface area contributed by atoms with Gasteiger partial charge in [0.2, 0.25) is 5.91 Å². The lowest BCUT2D eigenvalue weighted by Gasteiger charge is -2.17. The summed E-state index contributed by atoms with van der Waals surface area (Å²) in [5, 5.41) is 6.17. The molecule has 0 aliphatic carbocycles. The minimum absolute atomic E-state index is 0.0308. The van der Waals surface area contributed by atoms with Crippen LogP contribution >= 0.6 is 0 Å². The molecule has 0 atom stereocenters. The molecule has 1 aromatic rings. The van der Waals surface area contributed by atoms with Crippen LogP contribution in [0.5, 0.6) is 0 Å². The summed E-state index contributed by atoms with van der Waals surface area (Å²) in [4.78, 5) is 10.7. The Kier molecular flexibility index (Phi) is 4.53. The van der Waals surface area contributed by atoms with Crippen LogP contribution < -0.4 is 10.6 Å². The van der Waals surface area contributed by atoms with Crippen molar-refractivity contribution in [2.45, 2.75) is 26.3 Å². The van der Waals surface area contributed by atoms with Crippen LogP contribution in [0.15, 0.2) is 24.3 Å². The van der Waals surface area contributed by atoms with Crippen LogP contribution in [0.25, 0.3) is 6.08 Å². The molecule has 1 aromatic carbocycles. The zero-order valence-electron chi connectivity index (χ0n) is 10.8. The molecule has 2 N–H and O–H groups in total. The quantitative estimate of drug-likeness (QED) is 0.794. The van der Waals surface area contributed by atoms with Gasteiger partial charge in [-0.05, 0) is 36.1 Å². The highest BCUT2D eigenvalue weighted by Crippen LogP contribution is 2.16. The molecule has 2 rings (SSSR count). The Morgan fingerprint density at radius 1 is 1.44 bits per heavy atom. The Bertz CT molecular complexity index is 452. The third kappa shape index (κ3) is 3.70. The minimum atomic E-state index is 0.0308. The summed E-state index contributed by atoms with van der Waals surface area (Å²) in [6.07, 6.45) is 6.22. The fourth-order valence-corrected chi connectivity index (χ4v) is 2.16. The molecule has 3 heteroatoms. The average Bonchev–Trinajstić information content (AvgIpc) is 2.38. The van der Waals surface area contributed by atoms with Gasteiger partial charge in [-0.1, -0.05) is 30.4 Å². The highest BCUT2D eigenvalue weighted by atomic mass is 16.1. The molecular weight excluding hydrogens is 224 g/mol. The van der Waals surface area contributed by atoms with Crippen LogP contribution in [0.4, 0.5) is 0 Å². The van der Waals surface area contributed by atoms with Gasteiger partial charge in [-0.3, -0.25) is 4.79 Å². The van der Waals surface area contributed by atoms with E-state index in [4.69, 9.17) is 0 Å². The van der Waals surface area contributed by atoms with Gasteiger partial charge in [0.25, 0.3) is 0 Å². The zero-order valence-corrected chi connectivity index (χ0v) is 10.8. The second-order valence-electron chi connectivity index (χ2n) is 4.63. The first kappa shape index (κ1) is 12.8. The Hall–Kier alpha value is -1.61. The fourth-order valence-electron chi connectivity index (χ4n) is 2.16. The van der Waals surface area contributed by atoms with Crippen LogP contribution in [0.3, 0.4) is 0 Å². The first-order valence-electron chi connectivity index (χ1n) is 6.49. The van der Waals surface area contributed by atoms with Crippen LogP contribution in [0, 0.1) is 0 Å². The number of amides is 1. The number of nitrogens with one attached hydrogen (secondary N) is 2. The number of rotatable bonds is 4. The van der Waals surface area contributed by atoms with Gasteiger partial charge in [-0.2, -0.15) is 0 Å². The van der Waals surface area contributed by atoms with Crippen LogP contribution in [-0.4, -0.2) is 19.0 Å². The maximum Gasteiger partial charge on any atom is 0.216 e. The van der Waals surface area contributed by atoms with Crippen molar-refractivity contribution < 1.29 is 4.79 Å². The van der Waals surface area contributed by atoms with Gasteiger partial charge < -0.3 is 10.6 Å². The molecule has 0 unspecified atom stereocenters. The van der Waals surface area contributed by atoms with Crippen LogP contribution in [0.2, 0.25) is 0 Å². The van der Waals surface area contributed by atoms with Gasteiger partial charge in [0.05, 0.1) is 0 Å². The van der Waals surface area contributed by atoms with Crippen molar-refractivity contribution in [2.24, 2.45) is 0 Å². The molecular formula is C15H20N2O. The second-order valence-corrected chi connectivity index (χ2v) is 4.63. The van der Waals surface area contributed by atoms with Gasteiger partial charge in [-0.15, -0.1) is 0 Å². The Labute approximate surface area is 108 Å². The summed E-state index contributed by atoms with van der Waals surface area (Å²) in [5.41, 5.74) is 4.11. The lowest BCUT2D eigenvalue weighted by atomic mass is 9.98. The van der Waals surface area contributed by atoms with E-state index in [-0.39, 0.29) is 5.91 Å². The Morgan fingerprint density at radius 3 is 3.17 bits per heavy atom. The zero-order chi connectivity index (χ0) is 12.8. The molecule has 0 aromatic heterocycles. The highest BCUT2D eigenvalue weighted by molar-refractivity contribution is 5.72.